The lowest BCUT2D eigenvalue weighted by Crippen LogP contribution is -2.20. The summed E-state index contributed by atoms with van der Waals surface area (Å²) in [7, 11) is 0. The van der Waals surface area contributed by atoms with Gasteiger partial charge in [-0.15, -0.1) is 0 Å². The number of nitro benzene ring substituents is 1. The van der Waals surface area contributed by atoms with E-state index in [2.05, 4.69) is 32.9 Å². The Morgan fingerprint density at radius 2 is 2.07 bits per heavy atom. The summed E-state index contributed by atoms with van der Waals surface area (Å²) < 4.78 is 2.30. The predicted octanol–water partition coefficient (Wildman–Crippen LogP) is 3.90. The normalized spacial score (nSPS) is 10.5. The number of benzene rings is 2. The van der Waals surface area contributed by atoms with Crippen LogP contribution in [0, 0.1) is 13.7 Å². The number of carbonyl (C=O) groups excluding carboxylic acids is 1. The minimum Gasteiger partial charge on any atom is -0.353 e. The lowest BCUT2D eigenvalue weighted by atomic mass is 10.1. The van der Waals surface area contributed by atoms with E-state index in [1.54, 1.807) is 23.7 Å². The molecule has 138 valence electrons. The summed E-state index contributed by atoms with van der Waals surface area (Å²) in [5.41, 5.74) is 1.96. The number of aromatic nitrogens is 2. The molecule has 0 aliphatic heterocycles. The highest BCUT2D eigenvalue weighted by molar-refractivity contribution is 14.1. The molecule has 2 aromatic carbocycles. The Hall–Kier alpha value is -2.70. The second-order valence-electron chi connectivity index (χ2n) is 5.30. The highest BCUT2D eigenvalue weighted by Crippen LogP contribution is 2.34. The van der Waals surface area contributed by atoms with Gasteiger partial charge in [-0.05, 0) is 46.9 Å². The largest absolute Gasteiger partial charge is 0.353 e. The zero-order valence-corrected chi connectivity index (χ0v) is 16.3. The third kappa shape index (κ3) is 4.02. The maximum Gasteiger partial charge on any atom is 0.295 e. The number of amides is 1. The smallest absolute Gasteiger partial charge is 0.295 e. The van der Waals surface area contributed by atoms with Crippen LogP contribution in [0.2, 0.25) is 5.02 Å². The van der Waals surface area contributed by atoms with Gasteiger partial charge in [-0.3, -0.25) is 20.1 Å². The van der Waals surface area contributed by atoms with Crippen LogP contribution in [0.1, 0.15) is 10.4 Å². The molecule has 3 rings (SSSR count). The molecule has 0 unspecified atom stereocenters. The van der Waals surface area contributed by atoms with Crippen molar-refractivity contribution in [1.29, 1.82) is 0 Å². The van der Waals surface area contributed by atoms with Gasteiger partial charge >= 0.3 is 0 Å². The van der Waals surface area contributed by atoms with Gasteiger partial charge in [0.15, 0.2) is 0 Å². The van der Waals surface area contributed by atoms with Crippen LogP contribution < -0.4 is 10.8 Å². The molecular weight excluding hydrogens is 489 g/mol. The van der Waals surface area contributed by atoms with Crippen molar-refractivity contribution in [2.75, 3.05) is 5.32 Å². The maximum absolute atomic E-state index is 12.1. The summed E-state index contributed by atoms with van der Waals surface area (Å²) in [6, 6.07) is 7.65. The van der Waals surface area contributed by atoms with Gasteiger partial charge in [0.05, 0.1) is 33.2 Å². The molecule has 1 amide bonds. The first kappa shape index (κ1) is 19.1. The monoisotopic (exact) mass is 499 g/mol. The van der Waals surface area contributed by atoms with Gasteiger partial charge in [0.1, 0.15) is 5.69 Å². The van der Waals surface area contributed by atoms with Crippen LogP contribution in [0.5, 0.6) is 0 Å². The van der Waals surface area contributed by atoms with E-state index in [9.17, 15) is 14.9 Å². The minimum atomic E-state index is -0.838. The summed E-state index contributed by atoms with van der Waals surface area (Å²) in [6.07, 6.45) is 4.32. The quantitative estimate of drug-likeness (QED) is 0.212. The van der Waals surface area contributed by atoms with Crippen LogP contribution in [0.25, 0.3) is 5.69 Å². The number of nitrogens with zero attached hydrogens (tertiary/aromatic N) is 3. The molecule has 0 saturated heterocycles. The Kier molecular flexibility index (Phi) is 5.58. The number of halogens is 2. The molecule has 27 heavy (non-hydrogen) atoms. The van der Waals surface area contributed by atoms with Crippen molar-refractivity contribution in [3.05, 3.63) is 73.3 Å². The van der Waals surface area contributed by atoms with E-state index < -0.39 is 10.8 Å². The molecule has 11 heteroatoms. The van der Waals surface area contributed by atoms with E-state index in [1.165, 1.54) is 35.4 Å². The number of anilines is 2. The van der Waals surface area contributed by atoms with Crippen LogP contribution in [-0.2, 0) is 0 Å². The Bertz CT molecular complexity index is 1030. The average molecular weight is 500 g/mol. The van der Waals surface area contributed by atoms with Gasteiger partial charge in [0, 0.05) is 22.0 Å². The third-order valence-electron chi connectivity index (χ3n) is 3.64. The van der Waals surface area contributed by atoms with Crippen LogP contribution in [0.3, 0.4) is 0 Å². The second-order valence-corrected chi connectivity index (χ2v) is 6.96. The first-order valence-electron chi connectivity index (χ1n) is 7.38. The standard InChI is InChI=1S/C16H11ClIN5O4/c17-11-5-9(18)1-2-12(11)20-13-7-15(23(26)27)14(22-4-3-19-8-22)6-10(13)16(24)21-25/h1-8,20,25H,(H,21,24). The Morgan fingerprint density at radius 1 is 1.30 bits per heavy atom. The molecule has 0 radical (unpaired) electrons. The van der Waals surface area contributed by atoms with Gasteiger partial charge in [-0.1, -0.05) is 11.6 Å². The van der Waals surface area contributed by atoms with Gasteiger partial charge in [-0.25, -0.2) is 10.5 Å². The average Bonchev–Trinajstić information content (AvgIpc) is 3.17. The van der Waals surface area contributed by atoms with Crippen molar-refractivity contribution in [3.63, 3.8) is 0 Å². The summed E-state index contributed by atoms with van der Waals surface area (Å²) >= 11 is 8.29. The summed E-state index contributed by atoms with van der Waals surface area (Å²) in [5, 5.41) is 23.9. The van der Waals surface area contributed by atoms with Crippen molar-refractivity contribution in [2.24, 2.45) is 0 Å². The van der Waals surface area contributed by atoms with Crippen LogP contribution in [0.15, 0.2) is 49.1 Å². The Labute approximate surface area is 171 Å². The fraction of sp³-hybridized carbons (Fsp3) is 0. The topological polar surface area (TPSA) is 122 Å². The summed E-state index contributed by atoms with van der Waals surface area (Å²) in [4.78, 5) is 27.0. The van der Waals surface area contributed by atoms with E-state index in [-0.39, 0.29) is 22.6 Å². The molecule has 0 spiro atoms. The SMILES string of the molecule is O=C(NO)c1cc(-n2ccnc2)c([N+](=O)[O-])cc1Nc1ccc(I)cc1Cl. The summed E-state index contributed by atoms with van der Waals surface area (Å²) in [5.74, 6) is -0.838. The molecule has 0 bridgehead atoms. The van der Waals surface area contributed by atoms with Crippen molar-refractivity contribution >= 4 is 57.2 Å². The molecule has 0 aliphatic carbocycles. The zero-order valence-electron chi connectivity index (χ0n) is 13.4. The molecule has 1 aromatic heterocycles. The molecule has 0 aliphatic rings. The lowest BCUT2D eigenvalue weighted by Gasteiger charge is -2.14. The minimum absolute atomic E-state index is 0.0126. The number of hydroxylamine groups is 1. The first-order valence-corrected chi connectivity index (χ1v) is 8.83. The Balaban J connectivity index is 2.18. The van der Waals surface area contributed by atoms with E-state index in [4.69, 9.17) is 16.8 Å². The van der Waals surface area contributed by atoms with E-state index in [1.807, 2.05) is 0 Å². The maximum atomic E-state index is 12.1. The van der Waals surface area contributed by atoms with Gasteiger partial charge in [-0.2, -0.15) is 0 Å². The molecule has 1 heterocycles. The number of nitro groups is 1. The van der Waals surface area contributed by atoms with Crippen molar-refractivity contribution in [1.82, 2.24) is 15.0 Å². The van der Waals surface area contributed by atoms with Crippen molar-refractivity contribution < 1.29 is 14.9 Å². The molecule has 9 nitrogen and oxygen atoms in total. The van der Waals surface area contributed by atoms with E-state index in [0.717, 1.165) is 3.57 Å². The predicted molar refractivity (Wildman–Crippen MR) is 107 cm³/mol. The summed E-state index contributed by atoms with van der Waals surface area (Å²) in [6.45, 7) is 0. The lowest BCUT2D eigenvalue weighted by molar-refractivity contribution is -0.384. The molecule has 0 atom stereocenters. The molecule has 0 saturated carbocycles. The number of carbonyl (C=O) groups is 1. The van der Waals surface area contributed by atoms with Gasteiger partial charge in [0.2, 0.25) is 0 Å². The van der Waals surface area contributed by atoms with Gasteiger partial charge in [0.25, 0.3) is 11.6 Å². The number of nitrogens with one attached hydrogen (secondary N) is 2. The van der Waals surface area contributed by atoms with Crippen LogP contribution in [0.4, 0.5) is 17.1 Å². The van der Waals surface area contributed by atoms with Gasteiger partial charge < -0.3 is 9.88 Å². The molecule has 3 N–H and O–H groups in total. The second kappa shape index (κ2) is 7.90. The molecule has 0 fully saturated rings. The number of hydrogen-bond donors (Lipinski definition) is 3. The highest BCUT2D eigenvalue weighted by atomic mass is 127. The van der Waals surface area contributed by atoms with E-state index >= 15 is 0 Å². The highest BCUT2D eigenvalue weighted by Gasteiger charge is 2.23. The third-order valence-corrected chi connectivity index (χ3v) is 4.62. The van der Waals surface area contributed by atoms with Crippen LogP contribution >= 0.6 is 34.2 Å². The number of imidazole rings is 1. The van der Waals surface area contributed by atoms with Crippen molar-refractivity contribution in [3.8, 4) is 5.69 Å². The zero-order chi connectivity index (χ0) is 19.6. The fourth-order valence-electron chi connectivity index (χ4n) is 2.42. The number of rotatable bonds is 5. The van der Waals surface area contributed by atoms with E-state index in [0.29, 0.717) is 10.7 Å². The first-order chi connectivity index (χ1) is 12.9. The fourth-order valence-corrected chi connectivity index (χ4v) is 3.32. The number of hydrogen-bond acceptors (Lipinski definition) is 6. The molecular formula is C16H11ClIN5O4. The van der Waals surface area contributed by atoms with Crippen molar-refractivity contribution in [2.45, 2.75) is 0 Å². The molecule has 3 aromatic rings. The Morgan fingerprint density at radius 3 is 2.67 bits per heavy atom. The van der Waals surface area contributed by atoms with Crippen LogP contribution in [-0.4, -0.2) is 25.6 Å².